The van der Waals surface area contributed by atoms with Gasteiger partial charge in [-0.1, -0.05) is 11.6 Å². The summed E-state index contributed by atoms with van der Waals surface area (Å²) in [7, 11) is 3.15. The Hall–Kier alpha value is -9.11. The molecular formula is C62H57ClF4N12O4. The number of methoxy groups -OCH3 is 2. The van der Waals surface area contributed by atoms with Gasteiger partial charge >= 0.3 is 0 Å². The molecule has 2 aromatic carbocycles. The Morgan fingerprint density at radius 3 is 1.52 bits per heavy atom. The van der Waals surface area contributed by atoms with Crippen molar-refractivity contribution in [1.82, 2.24) is 39.9 Å². The molecule has 2 fully saturated rings. The van der Waals surface area contributed by atoms with Crippen LogP contribution < -0.4 is 30.3 Å². The molecule has 2 saturated heterocycles. The van der Waals surface area contributed by atoms with Gasteiger partial charge in [-0.05, 0) is 80.8 Å². The highest BCUT2D eigenvalue weighted by Crippen LogP contribution is 2.41. The molecule has 10 heterocycles. The molecule has 0 atom stereocenters. The summed E-state index contributed by atoms with van der Waals surface area (Å²) in [5.41, 5.74) is 17.3. The van der Waals surface area contributed by atoms with Crippen LogP contribution in [0.1, 0.15) is 22.3 Å². The van der Waals surface area contributed by atoms with Crippen molar-refractivity contribution in [2.45, 2.75) is 27.7 Å². The van der Waals surface area contributed by atoms with Crippen molar-refractivity contribution in [3.63, 3.8) is 0 Å². The van der Waals surface area contributed by atoms with Gasteiger partial charge in [-0.3, -0.25) is 9.97 Å². The molecule has 12 rings (SSSR count). The molecular weight excluding hydrogens is 1090 g/mol. The number of hydrogen-bond acceptors (Lipinski definition) is 16. The van der Waals surface area contributed by atoms with Crippen LogP contribution in [0.5, 0.6) is 11.8 Å². The first-order valence-corrected chi connectivity index (χ1v) is 26.8. The van der Waals surface area contributed by atoms with Crippen LogP contribution in [0.15, 0.2) is 122 Å². The van der Waals surface area contributed by atoms with Crippen LogP contribution in [0.25, 0.3) is 66.8 Å². The van der Waals surface area contributed by atoms with Crippen molar-refractivity contribution in [3.05, 3.63) is 173 Å². The summed E-state index contributed by atoms with van der Waals surface area (Å²) < 4.78 is 78.3. The molecule has 0 amide bonds. The summed E-state index contributed by atoms with van der Waals surface area (Å²) in [5.74, 6) is -0.109. The smallest absolute Gasteiger partial charge is 0.212 e. The number of hydrogen-bond donors (Lipinski definition) is 2. The van der Waals surface area contributed by atoms with Crippen molar-refractivity contribution in [2.24, 2.45) is 0 Å². The first-order valence-electron chi connectivity index (χ1n) is 26.4. The van der Waals surface area contributed by atoms with Gasteiger partial charge in [0.05, 0.1) is 102 Å². The van der Waals surface area contributed by atoms with Crippen LogP contribution in [0.3, 0.4) is 0 Å². The highest BCUT2D eigenvalue weighted by atomic mass is 35.5. The quantitative estimate of drug-likeness (QED) is 0.123. The van der Waals surface area contributed by atoms with Crippen molar-refractivity contribution in [3.8, 4) is 56.8 Å². The number of ether oxygens (including phenoxy) is 4. The number of nitrogen functional groups attached to an aromatic ring is 1. The predicted molar refractivity (Wildman–Crippen MR) is 316 cm³/mol. The lowest BCUT2D eigenvalue weighted by Gasteiger charge is -2.28. The number of halogens is 5. The number of aryl methyl sites for hydroxylation is 2. The van der Waals surface area contributed by atoms with Crippen LogP contribution >= 0.6 is 11.6 Å². The van der Waals surface area contributed by atoms with E-state index in [0.29, 0.717) is 89.0 Å². The van der Waals surface area contributed by atoms with Gasteiger partial charge in [0.15, 0.2) is 0 Å². The molecule has 0 spiro atoms. The lowest BCUT2D eigenvalue weighted by molar-refractivity contribution is 0.122. The van der Waals surface area contributed by atoms with Crippen molar-refractivity contribution in [1.29, 1.82) is 0 Å². The van der Waals surface area contributed by atoms with Gasteiger partial charge in [0.1, 0.15) is 34.9 Å². The number of nitrogens with one attached hydrogen (secondary N) is 1. The molecule has 0 bridgehead atoms. The Bertz CT molecular complexity index is 3980. The summed E-state index contributed by atoms with van der Waals surface area (Å²) in [5, 5.41) is 4.04. The van der Waals surface area contributed by atoms with Gasteiger partial charge in [-0.2, -0.15) is 0 Å². The van der Waals surface area contributed by atoms with E-state index in [0.717, 1.165) is 83.5 Å². The highest BCUT2D eigenvalue weighted by molar-refractivity contribution is 6.36. The summed E-state index contributed by atoms with van der Waals surface area (Å²) >= 11 is 6.25. The van der Waals surface area contributed by atoms with Gasteiger partial charge < -0.3 is 39.8 Å². The summed E-state index contributed by atoms with van der Waals surface area (Å²) in [6.45, 7) is 13.2. The van der Waals surface area contributed by atoms with Crippen LogP contribution in [-0.2, 0) is 9.47 Å². The molecule has 2 aliphatic heterocycles. The third-order valence-electron chi connectivity index (χ3n) is 14.0. The third kappa shape index (κ3) is 12.8. The largest absolute Gasteiger partial charge is 0.481 e. The summed E-state index contributed by atoms with van der Waals surface area (Å²) in [6, 6.07) is 22.8. The molecule has 2 aliphatic rings. The van der Waals surface area contributed by atoms with Crippen LogP contribution in [0, 0.1) is 51.0 Å². The van der Waals surface area contributed by atoms with E-state index in [2.05, 4.69) is 50.0 Å². The van der Waals surface area contributed by atoms with Crippen molar-refractivity contribution < 1.29 is 36.5 Å². The second-order valence-corrected chi connectivity index (χ2v) is 20.0. The number of rotatable bonds is 10. The molecule has 0 radical (unpaired) electrons. The van der Waals surface area contributed by atoms with Gasteiger partial charge in [0, 0.05) is 145 Å². The first-order chi connectivity index (χ1) is 40.2. The SMILES string of the molecule is COc1ccc(-c2cnc(N3CCOCC3)cc2N)cn1.COc1ccc(-c2cnc(N3CCOCC3)cc2Nc2c(C)c(-c3cc(C)ccn3)nc3cc(F)cc(F)c23)cn1.Cc1ccnc(-c2nc3cc(F)cc(F)c3c(Cl)c2C)c1. The third-order valence-corrected chi connectivity index (χ3v) is 14.5. The van der Waals surface area contributed by atoms with Gasteiger partial charge in [-0.25, -0.2) is 47.5 Å². The highest BCUT2D eigenvalue weighted by Gasteiger charge is 2.23. The van der Waals surface area contributed by atoms with E-state index in [1.807, 2.05) is 75.4 Å². The second-order valence-electron chi connectivity index (χ2n) is 19.6. The summed E-state index contributed by atoms with van der Waals surface area (Å²) in [4.78, 5) is 39.9. The maximum atomic E-state index is 15.5. The van der Waals surface area contributed by atoms with E-state index in [1.54, 1.807) is 64.4 Å². The Kier molecular flexibility index (Phi) is 17.5. The van der Waals surface area contributed by atoms with Crippen LogP contribution in [0.2, 0.25) is 5.02 Å². The monoisotopic (exact) mass is 1140 g/mol. The molecule has 8 aromatic heterocycles. The fourth-order valence-corrected chi connectivity index (χ4v) is 9.89. The van der Waals surface area contributed by atoms with Crippen molar-refractivity contribution in [2.75, 3.05) is 87.7 Å². The van der Waals surface area contributed by atoms with Crippen LogP contribution in [-0.4, -0.2) is 107 Å². The molecule has 16 nitrogen and oxygen atoms in total. The number of aromatic nitrogens is 8. The Labute approximate surface area is 481 Å². The molecule has 83 heavy (non-hydrogen) atoms. The average Bonchev–Trinajstić information content (AvgIpc) is 3.63. The Morgan fingerprint density at radius 1 is 0.542 bits per heavy atom. The first kappa shape index (κ1) is 57.1. The number of nitrogens with two attached hydrogens (primary N) is 1. The van der Waals surface area contributed by atoms with Gasteiger partial charge in [-0.15, -0.1) is 0 Å². The normalized spacial score (nSPS) is 13.2. The van der Waals surface area contributed by atoms with E-state index in [9.17, 15) is 13.2 Å². The Balaban J connectivity index is 0.000000154. The van der Waals surface area contributed by atoms with E-state index < -0.39 is 23.3 Å². The predicted octanol–water partition coefficient (Wildman–Crippen LogP) is 12.7. The zero-order valence-electron chi connectivity index (χ0n) is 46.3. The maximum Gasteiger partial charge on any atom is 0.212 e. The number of benzene rings is 2. The average molecular weight is 1150 g/mol. The number of pyridine rings is 8. The van der Waals surface area contributed by atoms with Gasteiger partial charge in [0.25, 0.3) is 0 Å². The maximum absolute atomic E-state index is 15.5. The minimum Gasteiger partial charge on any atom is -0.481 e. The minimum absolute atomic E-state index is 0.131. The summed E-state index contributed by atoms with van der Waals surface area (Å²) in [6.07, 6.45) is 10.4. The number of morpholine rings is 2. The lowest BCUT2D eigenvalue weighted by atomic mass is 10.0. The molecule has 3 N–H and O–H groups in total. The topological polar surface area (TPSA) is 185 Å². The lowest BCUT2D eigenvalue weighted by Crippen LogP contribution is -2.36. The standard InChI is InChI=1S/C31H28F2N6O2.C16H11ClF2N2.C15H18N4O2/c1-18-6-7-34-26(12-18)30-19(2)31(29-23(33)13-21(32)14-25(29)38-30)37-24-15-27(39-8-10-41-11-9-39)35-17-22(24)20-4-5-28(40-3)36-16-20;1-8-3-4-20-13(5-8)16-9(2)15(17)14-11(19)6-10(18)7-12(14)21-16;1-20-15-3-2-11(9-18-15)12-10-17-14(8-13(12)16)19-4-6-21-7-5-19/h4-7,12-17H,8-11H2,1-3H3,(H,35,37,38);3-7H,1-2H3;2-3,8-10H,4-7H2,1H3,(H2,16,17). The van der Waals surface area contributed by atoms with E-state index >= 15 is 4.39 Å². The number of anilines is 5. The molecule has 21 heteroatoms. The molecule has 0 unspecified atom stereocenters. The molecule has 0 saturated carbocycles. The van der Waals surface area contributed by atoms with Crippen LogP contribution in [0.4, 0.5) is 46.3 Å². The molecule has 10 aromatic rings. The number of nitrogens with zero attached hydrogens (tertiary/aromatic N) is 10. The van der Waals surface area contributed by atoms with Gasteiger partial charge in [0.2, 0.25) is 11.8 Å². The second kappa shape index (κ2) is 25.4. The number of fused-ring (bicyclic) bond motifs is 2. The molecule has 0 aliphatic carbocycles. The fourth-order valence-electron chi connectivity index (χ4n) is 9.62. The zero-order chi connectivity index (χ0) is 58.3. The van der Waals surface area contributed by atoms with E-state index in [-0.39, 0.29) is 26.8 Å². The molecule has 424 valence electrons. The van der Waals surface area contributed by atoms with E-state index in [1.165, 1.54) is 12.1 Å². The Morgan fingerprint density at radius 2 is 1.02 bits per heavy atom. The van der Waals surface area contributed by atoms with E-state index in [4.69, 9.17) is 41.3 Å². The van der Waals surface area contributed by atoms with Crippen molar-refractivity contribution >= 4 is 62.1 Å². The zero-order valence-corrected chi connectivity index (χ0v) is 47.0. The minimum atomic E-state index is -0.714. The fraction of sp³-hybridized carbons (Fsp3) is 0.226.